The van der Waals surface area contributed by atoms with E-state index in [-0.39, 0.29) is 34.2 Å². The topological polar surface area (TPSA) is 499 Å². The fourth-order valence-electron chi connectivity index (χ4n) is 6.56. The Bertz CT molecular complexity index is 2870. The molecule has 0 aliphatic carbocycles. The summed E-state index contributed by atoms with van der Waals surface area (Å²) in [5.74, 6) is -0.541. The molecule has 38 heteroatoms. The molecule has 0 radical (unpaired) electrons. The van der Waals surface area contributed by atoms with Crippen molar-refractivity contribution in [2.45, 2.75) is 55.6 Å². The minimum absolute atomic E-state index is 0.0106. The number of aromatic nitrogens is 11. The minimum Gasteiger partial charge on any atom is -0.774 e. The smallest absolute Gasteiger partial charge is 0.313 e. The number of hydrogen-bond donors (Lipinski definition) is 8. The molecule has 34 nitrogen and oxygen atoms in total. The maximum absolute atomic E-state index is 12.7. The van der Waals surface area contributed by atoms with Crippen molar-refractivity contribution in [1.29, 1.82) is 0 Å². The van der Waals surface area contributed by atoms with Crippen LogP contribution >= 0.6 is 31.0 Å². The van der Waals surface area contributed by atoms with Crippen LogP contribution in [0.1, 0.15) is 12.5 Å². The third kappa shape index (κ3) is 9.95. The number of nitrogens with one attached hydrogen (secondary N) is 3. The Morgan fingerprint density at radius 1 is 0.922 bits per heavy atom. The molecule has 0 saturated carbocycles. The second kappa shape index (κ2) is 17.9. The van der Waals surface area contributed by atoms with Crippen LogP contribution in [0.2, 0.25) is 0 Å². The van der Waals surface area contributed by atoms with Crippen molar-refractivity contribution in [1.82, 2.24) is 54.1 Å². The van der Waals surface area contributed by atoms with Gasteiger partial charge >= 0.3 is 5.65 Å². The third-order valence-corrected chi connectivity index (χ3v) is 15.0. The number of nitrogens with zero attached hydrogens (tertiary/aromatic N) is 9. The van der Waals surface area contributed by atoms with Crippen molar-refractivity contribution >= 4 is 70.6 Å². The van der Waals surface area contributed by atoms with Crippen molar-refractivity contribution in [2.75, 3.05) is 38.3 Å². The van der Waals surface area contributed by atoms with Crippen LogP contribution in [-0.2, 0) is 63.7 Å². The van der Waals surface area contributed by atoms with Gasteiger partial charge in [-0.3, -0.25) is 56.5 Å². The molecule has 352 valence electrons. The van der Waals surface area contributed by atoms with E-state index in [0.717, 1.165) is 10.9 Å². The Hall–Kier alpha value is -4.24. The third-order valence-electron chi connectivity index (χ3n) is 9.38. The van der Waals surface area contributed by atoms with Gasteiger partial charge in [0, 0.05) is 13.7 Å². The fraction of sp³-hybridized carbons (Fsp3) is 0.538. The lowest BCUT2D eigenvalue weighted by molar-refractivity contribution is -0.746. The SMILES string of the molecule is CO[C@H]1C(O)[C@@H](COP(=O)([O-])OP(=O)([O-])OP(=O)([O-])c2cn(CCNP(=O)([O-])OC[C@H]3O[C@@H](n4cnc5c(=O)[nH]c(N)nc54)[C@@H](O)C3O)nn2)O[C@H]1[n+]1cn(C)c2c(=O)[nH]c(N)nc21. The van der Waals surface area contributed by atoms with Crippen molar-refractivity contribution in [3.63, 3.8) is 0 Å². The molecule has 0 spiro atoms. The van der Waals surface area contributed by atoms with Crippen molar-refractivity contribution in [3.8, 4) is 0 Å². The van der Waals surface area contributed by atoms with E-state index in [1.807, 2.05) is 5.09 Å². The Labute approximate surface area is 354 Å². The minimum atomic E-state index is -6.35. The number of fused-ring (bicyclic) bond motifs is 2. The van der Waals surface area contributed by atoms with Crippen LogP contribution in [-0.4, -0.2) is 128 Å². The number of phosphoric ester groups is 1. The lowest BCUT2D eigenvalue weighted by Gasteiger charge is -2.34. The summed E-state index contributed by atoms with van der Waals surface area (Å²) >= 11 is 0. The molecule has 7 rings (SSSR count). The van der Waals surface area contributed by atoms with Crippen LogP contribution < -0.4 is 57.2 Å². The van der Waals surface area contributed by atoms with Crippen LogP contribution in [0.5, 0.6) is 0 Å². The van der Waals surface area contributed by atoms with Crippen LogP contribution in [0.15, 0.2) is 28.4 Å². The molecule has 10 N–H and O–H groups in total. The largest absolute Gasteiger partial charge is 0.774 e. The number of nitrogens with two attached hydrogens (primary N) is 2. The number of hydrogen-bond acceptors (Lipinski definition) is 27. The van der Waals surface area contributed by atoms with Gasteiger partial charge in [0.1, 0.15) is 36.6 Å². The van der Waals surface area contributed by atoms with Gasteiger partial charge in [-0.1, -0.05) is 10.2 Å². The average molecular weight is 988 g/mol. The number of imidazole rings is 2. The average Bonchev–Trinajstić information content (AvgIpc) is 4.01. The highest BCUT2D eigenvalue weighted by atomic mass is 31.3. The molecule has 5 aromatic rings. The molecular weight excluding hydrogens is 952 g/mol. The van der Waals surface area contributed by atoms with Crippen LogP contribution in [0.4, 0.5) is 11.9 Å². The maximum Gasteiger partial charge on any atom is 0.313 e. The molecule has 6 unspecified atom stereocenters. The number of rotatable bonds is 18. The number of ether oxygens (including phenoxy) is 3. The monoisotopic (exact) mass is 987 g/mol. The van der Waals surface area contributed by atoms with E-state index in [4.69, 9.17) is 30.2 Å². The molecule has 0 amide bonds. The van der Waals surface area contributed by atoms with Gasteiger partial charge < -0.3 is 74.2 Å². The fourth-order valence-corrected chi connectivity index (χ4v) is 11.1. The molecule has 12 atom stereocenters. The number of aryl methyl sites for hydroxylation is 1. The van der Waals surface area contributed by atoms with Crippen molar-refractivity contribution < 1.29 is 89.6 Å². The lowest BCUT2D eigenvalue weighted by Crippen LogP contribution is -2.47. The van der Waals surface area contributed by atoms with Crippen LogP contribution in [0.3, 0.4) is 0 Å². The van der Waals surface area contributed by atoms with E-state index in [0.29, 0.717) is 10.9 Å². The number of anilines is 2. The van der Waals surface area contributed by atoms with Gasteiger partial charge in [-0.05, 0) is 0 Å². The molecule has 2 aliphatic heterocycles. The zero-order valence-electron chi connectivity index (χ0n) is 32.4. The molecule has 0 aromatic carbocycles. The molecule has 2 saturated heterocycles. The van der Waals surface area contributed by atoms with E-state index in [1.165, 1.54) is 29.6 Å². The van der Waals surface area contributed by atoms with Crippen LogP contribution in [0.25, 0.3) is 22.3 Å². The van der Waals surface area contributed by atoms with Gasteiger partial charge in [0.05, 0.1) is 39.3 Å². The summed E-state index contributed by atoms with van der Waals surface area (Å²) in [6.45, 7) is -2.96. The second-order valence-electron chi connectivity index (χ2n) is 13.7. The standard InChI is InChI=1S/C26H38N14O20P4/c1-37-9-40(20-14(37)22(45)34-26(28)32-20)24-18(54-2)16(42)11(58-24)7-56-63(50,51)60-64(52,53)59-61(46,47)12-5-38(36-35-12)4-3-30-62(48,49)55-6-10-15(41)17(43)23(57-10)39-8-29-13-19(39)31-25(27)33-21(13)44/h5,8-11,15-18,23-24,41-43H,3-4,6-7H2,1-2H3,(H10-,27,28,30,31,32,33,34,44,45,46,47,48,49,50,51,52,53)/p-3/t10-,11-,15?,16?,17+,18+,23-,24-/m1/s1. The molecule has 7 heterocycles. The van der Waals surface area contributed by atoms with E-state index < -0.39 is 123 Å². The molecule has 5 aromatic heterocycles. The quantitative estimate of drug-likeness (QED) is 0.0299. The van der Waals surface area contributed by atoms with E-state index in [1.54, 1.807) is 0 Å². The summed E-state index contributed by atoms with van der Waals surface area (Å²) in [5.41, 5.74) is 8.52. The molecular formula is C26H35N14O20P4-3. The highest BCUT2D eigenvalue weighted by molar-refractivity contribution is 7.70. The van der Waals surface area contributed by atoms with Gasteiger partial charge in [-0.15, -0.1) is 5.10 Å². The zero-order chi connectivity index (χ0) is 46.7. The predicted octanol–water partition coefficient (Wildman–Crippen LogP) is -7.73. The predicted molar refractivity (Wildman–Crippen MR) is 197 cm³/mol. The first-order valence-corrected chi connectivity index (χ1v) is 23.9. The number of phosphoric acid groups is 2. The number of aliphatic hydroxyl groups is 3. The van der Waals surface area contributed by atoms with E-state index in [9.17, 15) is 62.7 Å². The highest BCUT2D eigenvalue weighted by Crippen LogP contribution is 2.62. The lowest BCUT2D eigenvalue weighted by atomic mass is 10.1. The van der Waals surface area contributed by atoms with Crippen LogP contribution in [0, 0.1) is 0 Å². The number of methoxy groups -OCH3 is 1. The van der Waals surface area contributed by atoms with E-state index in [2.05, 4.69) is 48.4 Å². The molecule has 0 bridgehead atoms. The summed E-state index contributed by atoms with van der Waals surface area (Å²) in [4.78, 5) is 91.2. The Balaban J connectivity index is 0.889. The van der Waals surface area contributed by atoms with Gasteiger partial charge in [0.25, 0.3) is 32.7 Å². The zero-order valence-corrected chi connectivity index (χ0v) is 36.0. The number of aromatic amines is 2. The second-order valence-corrected chi connectivity index (χ2v) is 20.1. The summed E-state index contributed by atoms with van der Waals surface area (Å²) in [6, 6.07) is 0. The normalized spacial score (nSPS) is 27.7. The first-order chi connectivity index (χ1) is 29.9. The van der Waals surface area contributed by atoms with Crippen molar-refractivity contribution in [3.05, 3.63) is 39.6 Å². The van der Waals surface area contributed by atoms with Gasteiger partial charge in [-0.25, -0.2) is 13.9 Å². The van der Waals surface area contributed by atoms with Crippen molar-refractivity contribution in [2.24, 2.45) is 7.05 Å². The summed E-state index contributed by atoms with van der Waals surface area (Å²) in [5, 5.41) is 40.5. The van der Waals surface area contributed by atoms with E-state index >= 15 is 0 Å². The maximum atomic E-state index is 12.7. The molecule has 2 aliphatic rings. The number of aliphatic hydroxyl groups excluding tert-OH is 3. The van der Waals surface area contributed by atoms with Gasteiger partial charge in [0.15, 0.2) is 36.7 Å². The summed E-state index contributed by atoms with van der Waals surface area (Å²) in [6.07, 6.45) is -8.90. The highest BCUT2D eigenvalue weighted by Gasteiger charge is 2.49. The number of nitrogen functional groups attached to an aromatic ring is 2. The number of H-pyrrole nitrogens is 2. The summed E-state index contributed by atoms with van der Waals surface area (Å²) < 4.78 is 88.6. The Kier molecular flexibility index (Phi) is 13.3. The van der Waals surface area contributed by atoms with Gasteiger partial charge in [-0.2, -0.15) is 4.98 Å². The molecule has 2 fully saturated rings. The Morgan fingerprint density at radius 3 is 2.31 bits per heavy atom. The Morgan fingerprint density at radius 2 is 1.59 bits per heavy atom. The summed E-state index contributed by atoms with van der Waals surface area (Å²) in [7, 11) is -20.5. The first kappa shape index (κ1) is 47.7. The van der Waals surface area contributed by atoms with Gasteiger partial charge in [0.2, 0.25) is 25.4 Å². The molecule has 64 heavy (non-hydrogen) atoms. The first-order valence-electron chi connectivity index (χ1n) is 17.9.